The standard InChI is InChI=1S/C9H11ClFNS/c10-8-5-7(1-2-9(8)11)3-4-12-6-13/h1-2,5,12-13H,3-4,6H2. The van der Waals surface area contributed by atoms with Crippen LogP contribution in [-0.4, -0.2) is 12.4 Å². The van der Waals surface area contributed by atoms with Gasteiger partial charge in [0.25, 0.3) is 0 Å². The predicted octanol–water partition coefficient (Wildman–Crippen LogP) is 2.50. The number of hydrogen-bond acceptors (Lipinski definition) is 2. The van der Waals surface area contributed by atoms with Crippen LogP contribution in [0.25, 0.3) is 0 Å². The molecule has 72 valence electrons. The van der Waals surface area contributed by atoms with Crippen molar-refractivity contribution in [1.29, 1.82) is 0 Å². The number of halogens is 2. The fourth-order valence-corrected chi connectivity index (χ4v) is 1.37. The lowest BCUT2D eigenvalue weighted by atomic mass is 10.1. The molecule has 0 aliphatic carbocycles. The van der Waals surface area contributed by atoms with Gasteiger partial charge in [0.2, 0.25) is 0 Å². The third-order valence-corrected chi connectivity index (χ3v) is 2.20. The second kappa shape index (κ2) is 5.47. The molecular weight excluding hydrogens is 209 g/mol. The van der Waals surface area contributed by atoms with Gasteiger partial charge in [-0.15, -0.1) is 0 Å². The molecule has 0 aliphatic rings. The van der Waals surface area contributed by atoms with Crippen molar-refractivity contribution in [2.45, 2.75) is 6.42 Å². The van der Waals surface area contributed by atoms with Crippen molar-refractivity contribution < 1.29 is 4.39 Å². The Kier molecular flexibility index (Phi) is 4.56. The highest BCUT2D eigenvalue weighted by Gasteiger charge is 1.99. The van der Waals surface area contributed by atoms with Gasteiger partial charge >= 0.3 is 0 Å². The summed E-state index contributed by atoms with van der Waals surface area (Å²) in [6, 6.07) is 4.77. The maximum absolute atomic E-state index is 12.7. The minimum absolute atomic E-state index is 0.184. The summed E-state index contributed by atoms with van der Waals surface area (Å²) < 4.78 is 12.7. The van der Waals surface area contributed by atoms with Gasteiger partial charge in [-0.2, -0.15) is 12.6 Å². The Morgan fingerprint density at radius 2 is 2.23 bits per heavy atom. The lowest BCUT2D eigenvalue weighted by Gasteiger charge is -2.02. The zero-order valence-corrected chi connectivity index (χ0v) is 8.71. The molecule has 0 radical (unpaired) electrons. The molecule has 0 saturated carbocycles. The van der Waals surface area contributed by atoms with E-state index >= 15 is 0 Å². The van der Waals surface area contributed by atoms with E-state index in [4.69, 9.17) is 11.6 Å². The molecule has 0 heterocycles. The third kappa shape index (κ3) is 3.55. The molecule has 1 rings (SSSR count). The van der Waals surface area contributed by atoms with Gasteiger partial charge in [0.15, 0.2) is 0 Å². The van der Waals surface area contributed by atoms with Gasteiger partial charge < -0.3 is 5.32 Å². The van der Waals surface area contributed by atoms with Crippen molar-refractivity contribution >= 4 is 24.2 Å². The molecule has 0 atom stereocenters. The van der Waals surface area contributed by atoms with Gasteiger partial charge in [0.05, 0.1) is 5.02 Å². The normalized spacial score (nSPS) is 10.4. The van der Waals surface area contributed by atoms with E-state index in [1.165, 1.54) is 6.07 Å². The van der Waals surface area contributed by atoms with Gasteiger partial charge in [0, 0.05) is 5.88 Å². The number of benzene rings is 1. The maximum atomic E-state index is 12.7. The van der Waals surface area contributed by atoms with Crippen molar-refractivity contribution in [3.05, 3.63) is 34.6 Å². The molecule has 4 heteroatoms. The number of rotatable bonds is 4. The molecule has 1 aromatic rings. The van der Waals surface area contributed by atoms with Crippen molar-refractivity contribution in [3.8, 4) is 0 Å². The fourth-order valence-electron chi connectivity index (χ4n) is 1.01. The first-order valence-corrected chi connectivity index (χ1v) is 5.00. The van der Waals surface area contributed by atoms with Crippen molar-refractivity contribution in [1.82, 2.24) is 5.32 Å². The van der Waals surface area contributed by atoms with Crippen molar-refractivity contribution in [2.75, 3.05) is 12.4 Å². The maximum Gasteiger partial charge on any atom is 0.141 e. The molecule has 0 amide bonds. The molecule has 0 fully saturated rings. The van der Waals surface area contributed by atoms with Crippen molar-refractivity contribution in [2.24, 2.45) is 0 Å². The van der Waals surface area contributed by atoms with E-state index < -0.39 is 0 Å². The summed E-state index contributed by atoms with van der Waals surface area (Å²) in [6.45, 7) is 0.825. The topological polar surface area (TPSA) is 12.0 Å². The average molecular weight is 220 g/mol. The van der Waals surface area contributed by atoms with Crippen LogP contribution in [0.5, 0.6) is 0 Å². The first-order valence-electron chi connectivity index (χ1n) is 3.99. The number of nitrogens with one attached hydrogen (secondary N) is 1. The van der Waals surface area contributed by atoms with E-state index in [0.29, 0.717) is 5.88 Å². The van der Waals surface area contributed by atoms with E-state index in [1.54, 1.807) is 12.1 Å². The van der Waals surface area contributed by atoms with E-state index in [9.17, 15) is 4.39 Å². The van der Waals surface area contributed by atoms with Crippen LogP contribution in [0.3, 0.4) is 0 Å². The second-order valence-electron chi connectivity index (χ2n) is 2.66. The molecule has 0 saturated heterocycles. The number of hydrogen-bond donors (Lipinski definition) is 2. The van der Waals surface area contributed by atoms with E-state index in [1.807, 2.05) is 0 Å². The Labute approximate surface area is 87.7 Å². The molecular formula is C9H11ClFNS. The van der Waals surface area contributed by atoms with Crippen molar-refractivity contribution in [3.63, 3.8) is 0 Å². The zero-order valence-electron chi connectivity index (χ0n) is 7.06. The van der Waals surface area contributed by atoms with Gasteiger partial charge in [-0.05, 0) is 30.7 Å². The fraction of sp³-hybridized carbons (Fsp3) is 0.333. The molecule has 13 heavy (non-hydrogen) atoms. The van der Waals surface area contributed by atoms with Gasteiger partial charge in [-0.3, -0.25) is 0 Å². The first-order chi connectivity index (χ1) is 6.24. The van der Waals surface area contributed by atoms with E-state index in [2.05, 4.69) is 17.9 Å². The van der Waals surface area contributed by atoms with Crippen LogP contribution in [0.2, 0.25) is 5.02 Å². The molecule has 1 N–H and O–H groups in total. The minimum Gasteiger partial charge on any atom is -0.308 e. The Balaban J connectivity index is 2.53. The summed E-state index contributed by atoms with van der Waals surface area (Å²) in [5.74, 6) is 0.280. The van der Waals surface area contributed by atoms with Gasteiger partial charge in [0.1, 0.15) is 5.82 Å². The van der Waals surface area contributed by atoms with Crippen LogP contribution in [0.1, 0.15) is 5.56 Å². The van der Waals surface area contributed by atoms with Gasteiger partial charge in [-0.25, -0.2) is 4.39 Å². The van der Waals surface area contributed by atoms with Crippen LogP contribution in [0, 0.1) is 5.82 Å². The summed E-state index contributed by atoms with van der Waals surface area (Å²) in [4.78, 5) is 0. The molecule has 1 nitrogen and oxygen atoms in total. The highest BCUT2D eigenvalue weighted by atomic mass is 35.5. The highest BCUT2D eigenvalue weighted by Crippen LogP contribution is 2.15. The summed E-state index contributed by atoms with van der Waals surface area (Å²) in [7, 11) is 0. The molecule has 0 aromatic heterocycles. The summed E-state index contributed by atoms with van der Waals surface area (Å²) in [6.07, 6.45) is 0.834. The Morgan fingerprint density at radius 1 is 1.46 bits per heavy atom. The Hall–Kier alpha value is -0.250. The monoisotopic (exact) mass is 219 g/mol. The van der Waals surface area contributed by atoms with E-state index in [0.717, 1.165) is 18.5 Å². The molecule has 0 spiro atoms. The average Bonchev–Trinajstić information content (AvgIpc) is 2.12. The molecule has 0 bridgehead atoms. The summed E-state index contributed by atoms with van der Waals surface area (Å²) in [5, 5.41) is 3.24. The zero-order chi connectivity index (χ0) is 9.68. The Morgan fingerprint density at radius 3 is 2.85 bits per heavy atom. The second-order valence-corrected chi connectivity index (χ2v) is 3.38. The predicted molar refractivity (Wildman–Crippen MR) is 57.0 cm³/mol. The van der Waals surface area contributed by atoms with Crippen LogP contribution in [-0.2, 0) is 6.42 Å². The van der Waals surface area contributed by atoms with Crippen LogP contribution in [0.15, 0.2) is 18.2 Å². The Bertz CT molecular complexity index is 280. The third-order valence-electron chi connectivity index (χ3n) is 1.69. The number of thiol groups is 1. The molecule has 0 unspecified atom stereocenters. The van der Waals surface area contributed by atoms with Crippen LogP contribution in [0.4, 0.5) is 4.39 Å². The van der Waals surface area contributed by atoms with Crippen LogP contribution < -0.4 is 5.32 Å². The lowest BCUT2D eigenvalue weighted by molar-refractivity contribution is 0.627. The van der Waals surface area contributed by atoms with Crippen LogP contribution >= 0.6 is 24.2 Å². The van der Waals surface area contributed by atoms with E-state index in [-0.39, 0.29) is 10.8 Å². The largest absolute Gasteiger partial charge is 0.308 e. The summed E-state index contributed by atoms with van der Waals surface area (Å²) >= 11 is 9.62. The smallest absolute Gasteiger partial charge is 0.141 e. The highest BCUT2D eigenvalue weighted by molar-refractivity contribution is 7.80. The first kappa shape index (κ1) is 10.8. The SMILES string of the molecule is Fc1ccc(CCNCS)cc1Cl. The molecule has 1 aromatic carbocycles. The van der Waals surface area contributed by atoms with Gasteiger partial charge in [-0.1, -0.05) is 17.7 Å². The summed E-state index contributed by atoms with van der Waals surface area (Å²) in [5.41, 5.74) is 1.03. The minimum atomic E-state index is -0.368. The lowest BCUT2D eigenvalue weighted by Crippen LogP contribution is -2.14. The molecule has 0 aliphatic heterocycles. The quantitative estimate of drug-likeness (QED) is 0.451.